The van der Waals surface area contributed by atoms with Gasteiger partial charge in [0.1, 0.15) is 0 Å². The van der Waals surface area contributed by atoms with Crippen LogP contribution in [-0.4, -0.2) is 0 Å². The van der Waals surface area contributed by atoms with Gasteiger partial charge < -0.3 is 0 Å². The highest BCUT2D eigenvalue weighted by molar-refractivity contribution is 6.23. The molecule has 8 aromatic carbocycles. The SMILES string of the molecule is C=CCc1ccc(-c2ccc(-c3cc(-c4c5ccccc5c(-c5ccc(C)cc5)c5ccccc45)c4ccccc4c3)cc2)cc1C(C)(C)CC=C. The Morgan fingerprint density at radius 3 is 1.60 bits per heavy atom. The maximum Gasteiger partial charge on any atom is -0.00199 e. The summed E-state index contributed by atoms with van der Waals surface area (Å²) < 4.78 is 0. The third-order valence-corrected chi connectivity index (χ3v) is 10.8. The fourth-order valence-electron chi connectivity index (χ4n) is 8.18. The van der Waals surface area contributed by atoms with E-state index in [9.17, 15) is 0 Å². The topological polar surface area (TPSA) is 0 Å². The number of aryl methyl sites for hydroxylation is 1. The summed E-state index contributed by atoms with van der Waals surface area (Å²) in [6, 6.07) is 56.5. The molecule has 0 spiro atoms. The van der Waals surface area contributed by atoms with Crippen molar-refractivity contribution < 1.29 is 0 Å². The molecule has 252 valence electrons. The van der Waals surface area contributed by atoms with Gasteiger partial charge in [0.15, 0.2) is 0 Å². The molecule has 0 aliphatic rings. The van der Waals surface area contributed by atoms with Gasteiger partial charge in [-0.2, -0.15) is 0 Å². The Bertz CT molecular complexity index is 2560. The van der Waals surface area contributed by atoms with E-state index in [-0.39, 0.29) is 5.41 Å². The van der Waals surface area contributed by atoms with Crippen LogP contribution in [0.25, 0.3) is 76.8 Å². The summed E-state index contributed by atoms with van der Waals surface area (Å²) in [6.45, 7) is 14.8. The number of allylic oxidation sites excluding steroid dienone is 2. The lowest BCUT2D eigenvalue weighted by molar-refractivity contribution is 0.530. The Morgan fingerprint density at radius 2 is 1.00 bits per heavy atom. The molecule has 0 bridgehead atoms. The van der Waals surface area contributed by atoms with Crippen LogP contribution in [0.4, 0.5) is 0 Å². The standard InChI is InChI=1S/C52H44/c1-6-14-38-29-30-40(34-49(38)52(4,5)31-7-2)36-25-27-37(28-26-36)42-32-41-15-8-9-16-43(41)48(33-42)51-46-19-12-10-17-44(46)50(39-23-21-35(3)22-24-39)45-18-11-13-20-47(45)51/h6-13,15-30,32-34H,1-2,14,31H2,3-5H3. The smallest absolute Gasteiger partial charge is 0.00199 e. The van der Waals surface area contributed by atoms with Crippen LogP contribution in [0, 0.1) is 6.92 Å². The fraction of sp³-hybridized carbons (Fsp3) is 0.115. The zero-order valence-corrected chi connectivity index (χ0v) is 30.4. The summed E-state index contributed by atoms with van der Waals surface area (Å²) in [5.41, 5.74) is 13.9. The van der Waals surface area contributed by atoms with Crippen LogP contribution in [0.2, 0.25) is 0 Å². The van der Waals surface area contributed by atoms with E-state index >= 15 is 0 Å². The second kappa shape index (κ2) is 13.6. The summed E-state index contributed by atoms with van der Waals surface area (Å²) in [5.74, 6) is 0. The van der Waals surface area contributed by atoms with Gasteiger partial charge in [-0.1, -0.05) is 171 Å². The van der Waals surface area contributed by atoms with Crippen LogP contribution >= 0.6 is 0 Å². The van der Waals surface area contributed by atoms with Crippen LogP contribution in [0.3, 0.4) is 0 Å². The van der Waals surface area contributed by atoms with Crippen molar-refractivity contribution >= 4 is 32.3 Å². The van der Waals surface area contributed by atoms with Crippen molar-refractivity contribution in [1.29, 1.82) is 0 Å². The summed E-state index contributed by atoms with van der Waals surface area (Å²) in [7, 11) is 0. The number of fused-ring (bicyclic) bond motifs is 3. The second-order valence-electron chi connectivity index (χ2n) is 14.8. The molecule has 52 heavy (non-hydrogen) atoms. The van der Waals surface area contributed by atoms with Crippen LogP contribution in [0.5, 0.6) is 0 Å². The normalized spacial score (nSPS) is 11.7. The number of hydrogen-bond acceptors (Lipinski definition) is 0. The highest BCUT2D eigenvalue weighted by atomic mass is 14.3. The van der Waals surface area contributed by atoms with Crippen molar-refractivity contribution in [3.05, 3.63) is 194 Å². The molecule has 0 N–H and O–H groups in total. The molecule has 0 fully saturated rings. The molecule has 0 heterocycles. The van der Waals surface area contributed by atoms with Crippen molar-refractivity contribution in [2.24, 2.45) is 0 Å². The molecule has 0 saturated carbocycles. The van der Waals surface area contributed by atoms with E-state index in [2.05, 4.69) is 186 Å². The highest BCUT2D eigenvalue weighted by Crippen LogP contribution is 2.46. The number of rotatable bonds is 9. The van der Waals surface area contributed by atoms with E-state index in [4.69, 9.17) is 0 Å². The lowest BCUT2D eigenvalue weighted by atomic mass is 9.77. The van der Waals surface area contributed by atoms with Gasteiger partial charge in [-0.15, -0.1) is 13.2 Å². The lowest BCUT2D eigenvalue weighted by Crippen LogP contribution is -2.18. The maximum atomic E-state index is 4.04. The van der Waals surface area contributed by atoms with Gasteiger partial charge in [0.25, 0.3) is 0 Å². The van der Waals surface area contributed by atoms with E-state index in [1.165, 1.54) is 93.5 Å². The van der Waals surface area contributed by atoms with Crippen LogP contribution < -0.4 is 0 Å². The number of hydrogen-bond donors (Lipinski definition) is 0. The van der Waals surface area contributed by atoms with E-state index in [0.717, 1.165) is 12.8 Å². The minimum atomic E-state index is -0.00970. The molecular formula is C52H44. The van der Waals surface area contributed by atoms with E-state index in [1.54, 1.807) is 0 Å². The van der Waals surface area contributed by atoms with Crippen molar-refractivity contribution in [3.63, 3.8) is 0 Å². The molecule has 0 nitrogen and oxygen atoms in total. The monoisotopic (exact) mass is 668 g/mol. The van der Waals surface area contributed by atoms with Crippen LogP contribution in [0.1, 0.15) is 37.0 Å². The molecule has 0 radical (unpaired) electrons. The zero-order chi connectivity index (χ0) is 35.8. The molecule has 0 atom stereocenters. The van der Waals surface area contributed by atoms with Gasteiger partial charge in [-0.25, -0.2) is 0 Å². The quantitative estimate of drug-likeness (QED) is 0.106. The Labute approximate surface area is 308 Å². The van der Waals surface area contributed by atoms with E-state index in [1.807, 2.05) is 12.2 Å². The van der Waals surface area contributed by atoms with Gasteiger partial charge in [-0.05, 0) is 125 Å². The minimum absolute atomic E-state index is 0.00970. The lowest BCUT2D eigenvalue weighted by Gasteiger charge is -2.27. The third-order valence-electron chi connectivity index (χ3n) is 10.8. The third kappa shape index (κ3) is 5.95. The molecule has 0 heteroatoms. The molecule has 8 rings (SSSR count). The second-order valence-corrected chi connectivity index (χ2v) is 14.8. The van der Waals surface area contributed by atoms with Gasteiger partial charge in [0.2, 0.25) is 0 Å². The molecule has 0 unspecified atom stereocenters. The van der Waals surface area contributed by atoms with E-state index < -0.39 is 0 Å². The average molecular weight is 669 g/mol. The van der Waals surface area contributed by atoms with Crippen molar-refractivity contribution in [2.75, 3.05) is 0 Å². The summed E-state index contributed by atoms with van der Waals surface area (Å²) in [4.78, 5) is 0. The largest absolute Gasteiger partial charge is 0.103 e. The molecule has 0 amide bonds. The predicted molar refractivity (Wildman–Crippen MR) is 227 cm³/mol. The predicted octanol–water partition coefficient (Wildman–Crippen LogP) is 14.7. The maximum absolute atomic E-state index is 4.04. The Kier molecular flexibility index (Phi) is 8.69. The summed E-state index contributed by atoms with van der Waals surface area (Å²) >= 11 is 0. The summed E-state index contributed by atoms with van der Waals surface area (Å²) in [6.07, 6.45) is 5.81. The van der Waals surface area contributed by atoms with Crippen LogP contribution in [0.15, 0.2) is 177 Å². The first-order valence-electron chi connectivity index (χ1n) is 18.4. The molecule has 0 aliphatic heterocycles. The molecule has 0 saturated heterocycles. The van der Waals surface area contributed by atoms with Crippen molar-refractivity contribution in [2.45, 2.75) is 39.0 Å². The van der Waals surface area contributed by atoms with Gasteiger partial charge >= 0.3 is 0 Å². The first kappa shape index (κ1) is 33.2. The van der Waals surface area contributed by atoms with Gasteiger partial charge in [0, 0.05) is 0 Å². The van der Waals surface area contributed by atoms with Crippen molar-refractivity contribution in [1.82, 2.24) is 0 Å². The first-order chi connectivity index (χ1) is 25.4. The van der Waals surface area contributed by atoms with Crippen LogP contribution in [-0.2, 0) is 11.8 Å². The van der Waals surface area contributed by atoms with E-state index in [0.29, 0.717) is 0 Å². The van der Waals surface area contributed by atoms with Gasteiger partial charge in [0.05, 0.1) is 0 Å². The molecule has 8 aromatic rings. The average Bonchev–Trinajstić information content (AvgIpc) is 3.17. The number of benzene rings is 8. The molecule has 0 aromatic heterocycles. The Morgan fingerprint density at radius 1 is 0.481 bits per heavy atom. The molecular weight excluding hydrogens is 625 g/mol. The highest BCUT2D eigenvalue weighted by Gasteiger charge is 2.23. The molecule has 0 aliphatic carbocycles. The van der Waals surface area contributed by atoms with Gasteiger partial charge in [-0.3, -0.25) is 0 Å². The fourth-order valence-corrected chi connectivity index (χ4v) is 8.18. The zero-order valence-electron chi connectivity index (χ0n) is 30.4. The minimum Gasteiger partial charge on any atom is -0.103 e. The summed E-state index contributed by atoms with van der Waals surface area (Å²) in [5, 5.41) is 7.58. The first-order valence-corrected chi connectivity index (χ1v) is 18.4. The van der Waals surface area contributed by atoms with Crippen molar-refractivity contribution in [3.8, 4) is 44.5 Å². The Hall–Kier alpha value is -5.98. The Balaban J connectivity index is 1.30.